The summed E-state index contributed by atoms with van der Waals surface area (Å²) in [5.41, 5.74) is 3.75. The van der Waals surface area contributed by atoms with Crippen LogP contribution in [-0.4, -0.2) is 22.4 Å². The molecule has 0 atom stereocenters. The van der Waals surface area contributed by atoms with E-state index in [-0.39, 0.29) is 5.75 Å². The number of hydrogen-bond acceptors (Lipinski definition) is 2. The van der Waals surface area contributed by atoms with Crippen molar-refractivity contribution in [2.75, 3.05) is 0 Å². The number of aromatic hydroxyl groups is 1. The topological polar surface area (TPSA) is 48.9 Å². The summed E-state index contributed by atoms with van der Waals surface area (Å²) in [5, 5.41) is 14.8. The fourth-order valence-corrected chi connectivity index (χ4v) is 4.06. The Balaban J connectivity index is 1.97. The van der Waals surface area contributed by atoms with Gasteiger partial charge in [0.25, 0.3) is 0 Å². The van der Waals surface area contributed by atoms with Crippen molar-refractivity contribution in [3.05, 3.63) is 65.1 Å². The van der Waals surface area contributed by atoms with Crippen LogP contribution < -0.4 is 5.46 Å². The van der Waals surface area contributed by atoms with Crippen LogP contribution in [0.3, 0.4) is 0 Å². The second-order valence-corrected chi connectivity index (χ2v) is 7.53. The summed E-state index contributed by atoms with van der Waals surface area (Å²) in [4.78, 5) is 8.33. The molecule has 0 spiro atoms. The maximum atomic E-state index is 10.3. The van der Waals surface area contributed by atoms with E-state index in [1.807, 2.05) is 25.0 Å². The van der Waals surface area contributed by atoms with Gasteiger partial charge in [-0.25, -0.2) is 4.98 Å². The summed E-state index contributed by atoms with van der Waals surface area (Å²) in [6, 6.07) is 20.0. The number of aromatic nitrogens is 2. The van der Waals surface area contributed by atoms with Gasteiger partial charge < -0.3 is 10.1 Å². The minimum atomic E-state index is 0.217. The minimum absolute atomic E-state index is 0.217. The molecule has 4 aromatic carbocycles. The highest BCUT2D eigenvalue weighted by Gasteiger charge is 2.16. The molecule has 0 aliphatic carbocycles. The Bertz CT molecular complexity index is 1340. The smallest absolute Gasteiger partial charge is 0.148 e. The maximum Gasteiger partial charge on any atom is 0.148 e. The van der Waals surface area contributed by atoms with E-state index in [0.29, 0.717) is 11.4 Å². The molecule has 0 amide bonds. The first-order chi connectivity index (χ1) is 13.2. The summed E-state index contributed by atoms with van der Waals surface area (Å²) in [7, 11) is 2.09. The summed E-state index contributed by atoms with van der Waals surface area (Å²) >= 11 is 3.59. The molecule has 2 N–H and O–H groups in total. The average molecular weight is 414 g/mol. The summed E-state index contributed by atoms with van der Waals surface area (Å²) < 4.78 is 1.02. The summed E-state index contributed by atoms with van der Waals surface area (Å²) in [6.45, 7) is 2.04. The van der Waals surface area contributed by atoms with E-state index < -0.39 is 0 Å². The van der Waals surface area contributed by atoms with Gasteiger partial charge in [0.2, 0.25) is 0 Å². The number of phenols is 1. The van der Waals surface area contributed by atoms with Crippen LogP contribution in [-0.2, 0) is 0 Å². The molecule has 129 valence electrons. The van der Waals surface area contributed by atoms with Gasteiger partial charge in [0.05, 0.1) is 16.6 Å². The average Bonchev–Trinajstić information content (AvgIpc) is 3.13. The molecule has 0 aliphatic heterocycles. The zero-order valence-corrected chi connectivity index (χ0v) is 16.2. The van der Waals surface area contributed by atoms with Crippen LogP contribution in [0.5, 0.6) is 5.75 Å². The van der Waals surface area contributed by atoms with Crippen molar-refractivity contribution in [3.8, 4) is 17.1 Å². The SMILES string of the molecule is C[B]c1ccc2c3ccc(Br)cc3c3[nH]c(-c4ccccc4O)nc3c2c1. The molecule has 1 aromatic heterocycles. The Hall–Kier alpha value is -2.79. The van der Waals surface area contributed by atoms with Crippen LogP contribution in [0.25, 0.3) is 44.0 Å². The van der Waals surface area contributed by atoms with Crippen molar-refractivity contribution in [2.45, 2.75) is 6.82 Å². The second kappa shape index (κ2) is 6.13. The van der Waals surface area contributed by atoms with E-state index in [9.17, 15) is 5.11 Å². The molecule has 5 rings (SSSR count). The molecule has 0 unspecified atom stereocenters. The van der Waals surface area contributed by atoms with E-state index in [0.717, 1.165) is 31.7 Å². The molecule has 5 heteroatoms. The zero-order chi connectivity index (χ0) is 18.5. The number of imidazole rings is 1. The van der Waals surface area contributed by atoms with Gasteiger partial charge in [0.15, 0.2) is 0 Å². The predicted octanol–water partition coefficient (Wildman–Crippen LogP) is 5.38. The highest BCUT2D eigenvalue weighted by molar-refractivity contribution is 9.10. The molecular formula is C22H15BBrN2O. The molecule has 0 bridgehead atoms. The van der Waals surface area contributed by atoms with E-state index in [1.54, 1.807) is 6.07 Å². The monoisotopic (exact) mass is 413 g/mol. The van der Waals surface area contributed by atoms with Crippen molar-refractivity contribution in [2.24, 2.45) is 0 Å². The largest absolute Gasteiger partial charge is 0.507 e. The lowest BCUT2D eigenvalue weighted by atomic mass is 9.72. The van der Waals surface area contributed by atoms with Crippen LogP contribution in [0, 0.1) is 0 Å². The van der Waals surface area contributed by atoms with Crippen molar-refractivity contribution >= 4 is 61.3 Å². The van der Waals surface area contributed by atoms with E-state index in [4.69, 9.17) is 4.98 Å². The maximum absolute atomic E-state index is 10.3. The van der Waals surface area contributed by atoms with Gasteiger partial charge in [-0.3, -0.25) is 0 Å². The number of hydrogen-bond donors (Lipinski definition) is 2. The molecular weight excluding hydrogens is 399 g/mol. The molecule has 1 heterocycles. The number of benzene rings is 4. The fourth-order valence-electron chi connectivity index (χ4n) is 3.69. The Labute approximate surface area is 165 Å². The quantitative estimate of drug-likeness (QED) is 0.301. The third-order valence-electron chi connectivity index (χ3n) is 5.04. The van der Waals surface area contributed by atoms with Crippen molar-refractivity contribution in [1.82, 2.24) is 9.97 Å². The van der Waals surface area contributed by atoms with Gasteiger partial charge in [-0.15, -0.1) is 0 Å². The molecule has 1 radical (unpaired) electrons. The van der Waals surface area contributed by atoms with E-state index >= 15 is 0 Å². The number of nitrogens with one attached hydrogen (secondary N) is 1. The highest BCUT2D eigenvalue weighted by atomic mass is 79.9. The molecule has 27 heavy (non-hydrogen) atoms. The van der Waals surface area contributed by atoms with E-state index in [2.05, 4.69) is 64.6 Å². The second-order valence-electron chi connectivity index (χ2n) is 6.61. The lowest BCUT2D eigenvalue weighted by Crippen LogP contribution is -2.09. The first kappa shape index (κ1) is 16.4. The summed E-state index contributed by atoms with van der Waals surface area (Å²) in [5.74, 6) is 0.886. The molecule has 0 fully saturated rings. The third-order valence-corrected chi connectivity index (χ3v) is 5.53. The minimum Gasteiger partial charge on any atom is -0.507 e. The lowest BCUT2D eigenvalue weighted by Gasteiger charge is -2.08. The molecule has 3 nitrogen and oxygen atoms in total. The van der Waals surface area contributed by atoms with E-state index in [1.165, 1.54) is 10.8 Å². The summed E-state index contributed by atoms with van der Waals surface area (Å²) in [6.07, 6.45) is 0. The van der Waals surface area contributed by atoms with Crippen LogP contribution in [0.1, 0.15) is 0 Å². The number of phenolic OH excluding ortho intramolecular Hbond substituents is 1. The lowest BCUT2D eigenvalue weighted by molar-refractivity contribution is 0.477. The predicted molar refractivity (Wildman–Crippen MR) is 117 cm³/mol. The third kappa shape index (κ3) is 2.53. The van der Waals surface area contributed by atoms with Crippen LogP contribution in [0.2, 0.25) is 6.82 Å². The van der Waals surface area contributed by atoms with Gasteiger partial charge in [-0.2, -0.15) is 0 Å². The van der Waals surface area contributed by atoms with Gasteiger partial charge in [0.1, 0.15) is 18.9 Å². The van der Waals surface area contributed by atoms with Gasteiger partial charge in [-0.05, 0) is 35.0 Å². The fraction of sp³-hybridized carbons (Fsp3) is 0.0455. The zero-order valence-electron chi connectivity index (χ0n) is 14.6. The Morgan fingerprint density at radius 3 is 2.52 bits per heavy atom. The number of H-pyrrole nitrogens is 1. The molecule has 5 aromatic rings. The molecule has 0 saturated carbocycles. The first-order valence-electron chi connectivity index (χ1n) is 8.78. The number of aromatic amines is 1. The van der Waals surface area contributed by atoms with Gasteiger partial charge in [0, 0.05) is 15.2 Å². The Morgan fingerprint density at radius 1 is 0.926 bits per heavy atom. The van der Waals surface area contributed by atoms with Crippen LogP contribution in [0.4, 0.5) is 0 Å². The number of para-hydroxylation sites is 1. The van der Waals surface area contributed by atoms with Crippen LogP contribution >= 0.6 is 15.9 Å². The molecule has 0 aliphatic rings. The number of rotatable bonds is 2. The Morgan fingerprint density at radius 2 is 1.70 bits per heavy atom. The normalized spacial score (nSPS) is 11.5. The standard InChI is InChI=1S/C22H15BBrN2O/c1-23-12-6-8-14-15-9-7-13(24)11-18(15)21-20(17(14)10-12)25-22(26-21)16-4-2-3-5-19(16)27/h2-11,27H,1H3,(H,25,26). The number of halogens is 1. The van der Waals surface area contributed by atoms with Crippen LogP contribution in [0.15, 0.2) is 65.1 Å². The van der Waals surface area contributed by atoms with Crippen molar-refractivity contribution in [3.63, 3.8) is 0 Å². The van der Waals surface area contributed by atoms with Gasteiger partial charge in [-0.1, -0.05) is 64.6 Å². The Kier molecular flexibility index (Phi) is 3.72. The molecule has 0 saturated heterocycles. The number of nitrogens with zero attached hydrogens (tertiary/aromatic N) is 1. The van der Waals surface area contributed by atoms with Crippen molar-refractivity contribution < 1.29 is 5.11 Å². The van der Waals surface area contributed by atoms with Crippen molar-refractivity contribution in [1.29, 1.82) is 0 Å². The van der Waals surface area contributed by atoms with Gasteiger partial charge >= 0.3 is 0 Å². The first-order valence-corrected chi connectivity index (χ1v) is 9.57. The number of fused-ring (bicyclic) bond motifs is 6. The highest BCUT2D eigenvalue weighted by Crippen LogP contribution is 2.37.